The number of halogens is 1. The van der Waals surface area contributed by atoms with Crippen LogP contribution in [0.1, 0.15) is 25.7 Å². The number of nitrogens with one attached hydrogen (secondary N) is 1. The minimum Gasteiger partial charge on any atom is -0.398 e. The van der Waals surface area contributed by atoms with Crippen molar-refractivity contribution in [2.24, 2.45) is 0 Å². The fourth-order valence-corrected chi connectivity index (χ4v) is 2.72. The number of nitrogens with two attached hydrogens (primary N) is 1. The van der Waals surface area contributed by atoms with Gasteiger partial charge in [-0.2, -0.15) is 0 Å². The number of hydrogen-bond donors (Lipinski definition) is 2. The molecule has 1 aromatic carbocycles. The van der Waals surface area contributed by atoms with Gasteiger partial charge in [-0.05, 0) is 43.7 Å². The second-order valence-electron chi connectivity index (χ2n) is 4.37. The summed E-state index contributed by atoms with van der Waals surface area (Å²) >= 11 is 1.64. The third-order valence-electron chi connectivity index (χ3n) is 2.90. The Hall–Kier alpha value is -1.88. The van der Waals surface area contributed by atoms with Crippen LogP contribution in [0.2, 0.25) is 0 Å². The number of benzene rings is 1. The van der Waals surface area contributed by atoms with Crippen molar-refractivity contribution in [1.29, 1.82) is 0 Å². The Morgan fingerprint density at radius 1 is 1.37 bits per heavy atom. The highest BCUT2D eigenvalue weighted by Gasteiger charge is 2.11. The lowest BCUT2D eigenvalue weighted by atomic mass is 10.1. The van der Waals surface area contributed by atoms with Crippen LogP contribution >= 0.6 is 11.3 Å². The third-order valence-corrected chi connectivity index (χ3v) is 4.05. The van der Waals surface area contributed by atoms with E-state index in [1.807, 2.05) is 19.9 Å². The summed E-state index contributed by atoms with van der Waals surface area (Å²) in [5, 5.41) is 2.75. The number of anilines is 1. The maximum Gasteiger partial charge on any atom is 0.253 e. The molecule has 1 aromatic heterocycles. The molecule has 19 heavy (non-hydrogen) atoms. The van der Waals surface area contributed by atoms with Crippen molar-refractivity contribution in [3.8, 4) is 0 Å². The van der Waals surface area contributed by atoms with E-state index in [9.17, 15) is 9.18 Å². The molecule has 3 nitrogen and oxygen atoms in total. The Kier molecular flexibility index (Phi) is 3.85. The van der Waals surface area contributed by atoms with E-state index >= 15 is 0 Å². The molecule has 1 amide bonds. The first-order valence-electron chi connectivity index (χ1n) is 5.86. The number of amides is 1. The van der Waals surface area contributed by atoms with Crippen molar-refractivity contribution < 1.29 is 9.18 Å². The van der Waals surface area contributed by atoms with Crippen molar-refractivity contribution in [3.63, 3.8) is 0 Å². The van der Waals surface area contributed by atoms with E-state index in [-0.39, 0.29) is 17.2 Å². The van der Waals surface area contributed by atoms with Gasteiger partial charge in [0.25, 0.3) is 5.91 Å². The van der Waals surface area contributed by atoms with Crippen LogP contribution in [-0.2, 0) is 6.54 Å². The zero-order valence-electron chi connectivity index (χ0n) is 10.8. The molecule has 0 aliphatic carbocycles. The highest BCUT2D eigenvalue weighted by atomic mass is 32.1. The van der Waals surface area contributed by atoms with Crippen LogP contribution in [-0.4, -0.2) is 5.91 Å². The van der Waals surface area contributed by atoms with Crippen molar-refractivity contribution in [1.82, 2.24) is 5.32 Å². The number of carbonyl (C=O) groups is 1. The predicted molar refractivity (Wildman–Crippen MR) is 75.8 cm³/mol. The lowest BCUT2D eigenvalue weighted by molar-refractivity contribution is 0.0951. The van der Waals surface area contributed by atoms with Gasteiger partial charge in [0.1, 0.15) is 5.82 Å². The molecular formula is C14H15FN2OS. The van der Waals surface area contributed by atoms with E-state index in [2.05, 4.69) is 5.32 Å². The monoisotopic (exact) mass is 278 g/mol. The van der Waals surface area contributed by atoms with Crippen LogP contribution in [0, 0.1) is 19.7 Å². The molecule has 0 fully saturated rings. The van der Waals surface area contributed by atoms with Crippen LogP contribution in [0.4, 0.5) is 10.1 Å². The molecule has 100 valence electrons. The zero-order valence-corrected chi connectivity index (χ0v) is 11.6. The van der Waals surface area contributed by atoms with Crippen molar-refractivity contribution >= 4 is 22.9 Å². The summed E-state index contributed by atoms with van der Waals surface area (Å²) in [6.07, 6.45) is 0. The van der Waals surface area contributed by atoms with Crippen molar-refractivity contribution in [2.75, 3.05) is 5.73 Å². The molecule has 5 heteroatoms. The molecular weight excluding hydrogens is 263 g/mol. The summed E-state index contributed by atoms with van der Waals surface area (Å²) in [6, 6.07) is 5.81. The Morgan fingerprint density at radius 2 is 2.11 bits per heavy atom. The van der Waals surface area contributed by atoms with E-state index in [1.54, 1.807) is 11.3 Å². The molecule has 0 aliphatic rings. The lowest BCUT2D eigenvalue weighted by Crippen LogP contribution is -2.23. The fraction of sp³-hybridized carbons (Fsp3) is 0.214. The number of carbonyl (C=O) groups excluding carboxylic acids is 1. The Balaban J connectivity index is 2.07. The predicted octanol–water partition coefficient (Wildman–Crippen LogP) is 3.02. The first kappa shape index (κ1) is 13.5. The minimum absolute atomic E-state index is 0.171. The molecule has 1 heterocycles. The average Bonchev–Trinajstić information content (AvgIpc) is 2.69. The number of aryl methyl sites for hydroxylation is 2. The number of rotatable bonds is 3. The molecule has 2 rings (SSSR count). The summed E-state index contributed by atoms with van der Waals surface area (Å²) < 4.78 is 13.1. The Labute approximate surface area is 115 Å². The Morgan fingerprint density at radius 3 is 2.74 bits per heavy atom. The van der Waals surface area contributed by atoms with Gasteiger partial charge in [-0.25, -0.2) is 4.39 Å². The summed E-state index contributed by atoms with van der Waals surface area (Å²) in [6.45, 7) is 4.49. The summed E-state index contributed by atoms with van der Waals surface area (Å²) in [5.41, 5.74) is 7.32. The van der Waals surface area contributed by atoms with E-state index in [0.29, 0.717) is 6.54 Å². The smallest absolute Gasteiger partial charge is 0.253 e. The molecule has 0 bridgehead atoms. The van der Waals surface area contributed by atoms with E-state index in [1.165, 1.54) is 22.6 Å². The van der Waals surface area contributed by atoms with Gasteiger partial charge in [-0.15, -0.1) is 11.3 Å². The van der Waals surface area contributed by atoms with Gasteiger partial charge < -0.3 is 11.1 Å². The van der Waals surface area contributed by atoms with Crippen LogP contribution in [0.15, 0.2) is 24.3 Å². The van der Waals surface area contributed by atoms with Crippen LogP contribution in [0.25, 0.3) is 0 Å². The molecule has 3 N–H and O–H groups in total. The molecule has 2 aromatic rings. The van der Waals surface area contributed by atoms with Gasteiger partial charge >= 0.3 is 0 Å². The normalized spacial score (nSPS) is 10.5. The molecule has 0 aliphatic heterocycles. The highest BCUT2D eigenvalue weighted by Crippen LogP contribution is 2.20. The standard InChI is InChI=1S/C14H15FN2OS/c1-8-5-11(19-9(8)2)7-17-14(18)12-6-10(15)3-4-13(12)16/h3-6H,7,16H2,1-2H3,(H,17,18). The maximum absolute atomic E-state index is 13.1. The van der Waals surface area contributed by atoms with Crippen molar-refractivity contribution in [2.45, 2.75) is 20.4 Å². The van der Waals surface area contributed by atoms with Gasteiger partial charge in [0.05, 0.1) is 12.1 Å². The van der Waals surface area contributed by atoms with Crippen LogP contribution < -0.4 is 11.1 Å². The lowest BCUT2D eigenvalue weighted by Gasteiger charge is -2.06. The molecule has 0 radical (unpaired) electrons. The second-order valence-corrected chi connectivity index (χ2v) is 5.71. The third kappa shape index (κ3) is 3.12. The maximum atomic E-state index is 13.1. The largest absolute Gasteiger partial charge is 0.398 e. The second kappa shape index (κ2) is 5.40. The van der Waals surface area contributed by atoms with Gasteiger partial charge in [0.15, 0.2) is 0 Å². The molecule has 0 saturated heterocycles. The number of nitrogen functional groups attached to an aromatic ring is 1. The van der Waals surface area contributed by atoms with Crippen LogP contribution in [0.3, 0.4) is 0 Å². The molecule has 0 unspecified atom stereocenters. The van der Waals surface area contributed by atoms with Gasteiger partial charge in [-0.1, -0.05) is 0 Å². The van der Waals surface area contributed by atoms with E-state index < -0.39 is 5.82 Å². The quantitative estimate of drug-likeness (QED) is 0.848. The SMILES string of the molecule is Cc1cc(CNC(=O)c2cc(F)ccc2N)sc1C. The molecule has 0 atom stereocenters. The number of thiophene rings is 1. The first-order valence-corrected chi connectivity index (χ1v) is 6.68. The van der Waals surface area contributed by atoms with Gasteiger partial charge in [0.2, 0.25) is 0 Å². The summed E-state index contributed by atoms with van der Waals surface area (Å²) in [7, 11) is 0. The molecule has 0 saturated carbocycles. The zero-order chi connectivity index (χ0) is 14.0. The van der Waals surface area contributed by atoms with Crippen LogP contribution in [0.5, 0.6) is 0 Å². The van der Waals surface area contributed by atoms with Gasteiger partial charge in [-0.3, -0.25) is 4.79 Å². The molecule has 0 spiro atoms. The van der Waals surface area contributed by atoms with Crippen molar-refractivity contribution in [3.05, 3.63) is 51.0 Å². The first-order chi connectivity index (χ1) is 8.97. The number of hydrogen-bond acceptors (Lipinski definition) is 3. The summed E-state index contributed by atoms with van der Waals surface area (Å²) in [5.74, 6) is -0.831. The fourth-order valence-electron chi connectivity index (χ4n) is 1.72. The summed E-state index contributed by atoms with van der Waals surface area (Å²) in [4.78, 5) is 14.2. The minimum atomic E-state index is -0.470. The van der Waals surface area contributed by atoms with E-state index in [4.69, 9.17) is 5.73 Å². The average molecular weight is 278 g/mol. The van der Waals surface area contributed by atoms with E-state index in [0.717, 1.165) is 10.9 Å². The topological polar surface area (TPSA) is 55.1 Å². The highest BCUT2D eigenvalue weighted by molar-refractivity contribution is 7.12. The van der Waals surface area contributed by atoms with Gasteiger partial charge in [0, 0.05) is 15.4 Å². The Bertz CT molecular complexity index is 602.